The van der Waals surface area contributed by atoms with Crippen LogP contribution >= 0.6 is 0 Å². The SMILES string of the molecule is CCCCCCCC(C)Nc1ccc(F)cc1[N+](=O)[O-]. The van der Waals surface area contributed by atoms with Crippen molar-refractivity contribution < 1.29 is 9.31 Å². The summed E-state index contributed by atoms with van der Waals surface area (Å²) in [7, 11) is 0. The second-order valence-electron chi connectivity index (χ2n) is 5.17. The highest BCUT2D eigenvalue weighted by Gasteiger charge is 2.16. The lowest BCUT2D eigenvalue weighted by molar-refractivity contribution is -0.384. The average Bonchev–Trinajstić information content (AvgIpc) is 2.40. The maximum absolute atomic E-state index is 13.0. The molecule has 0 radical (unpaired) electrons. The molecule has 0 saturated heterocycles. The summed E-state index contributed by atoms with van der Waals surface area (Å²) < 4.78 is 13.0. The zero-order chi connectivity index (χ0) is 15.0. The molecule has 1 aromatic carbocycles. The first-order valence-electron chi connectivity index (χ1n) is 7.25. The smallest absolute Gasteiger partial charge is 0.295 e. The van der Waals surface area contributed by atoms with Gasteiger partial charge in [0.15, 0.2) is 0 Å². The number of nitrogens with zero attached hydrogens (tertiary/aromatic N) is 1. The van der Waals surface area contributed by atoms with Crippen molar-refractivity contribution in [3.8, 4) is 0 Å². The second kappa shape index (κ2) is 8.51. The van der Waals surface area contributed by atoms with E-state index < -0.39 is 10.7 Å². The predicted octanol–water partition coefficient (Wildman–Crippen LogP) is 4.89. The van der Waals surface area contributed by atoms with E-state index in [9.17, 15) is 14.5 Å². The number of nitro benzene ring substituents is 1. The van der Waals surface area contributed by atoms with Gasteiger partial charge in [0.2, 0.25) is 0 Å². The topological polar surface area (TPSA) is 55.2 Å². The minimum Gasteiger partial charge on any atom is -0.377 e. The number of benzene rings is 1. The zero-order valence-corrected chi connectivity index (χ0v) is 12.2. The van der Waals surface area contributed by atoms with Crippen molar-refractivity contribution in [2.24, 2.45) is 0 Å². The van der Waals surface area contributed by atoms with Crippen LogP contribution in [0.25, 0.3) is 0 Å². The summed E-state index contributed by atoms with van der Waals surface area (Å²) in [4.78, 5) is 10.3. The number of nitro groups is 1. The number of rotatable bonds is 9. The van der Waals surface area contributed by atoms with Crippen LogP contribution in [0.5, 0.6) is 0 Å². The van der Waals surface area contributed by atoms with Crippen molar-refractivity contribution >= 4 is 11.4 Å². The Morgan fingerprint density at radius 3 is 2.65 bits per heavy atom. The third-order valence-corrected chi connectivity index (χ3v) is 3.30. The molecular formula is C15H23FN2O2. The molecule has 0 amide bonds. The highest BCUT2D eigenvalue weighted by Crippen LogP contribution is 2.26. The van der Waals surface area contributed by atoms with Crippen molar-refractivity contribution in [2.75, 3.05) is 5.32 Å². The fourth-order valence-electron chi connectivity index (χ4n) is 2.17. The van der Waals surface area contributed by atoms with E-state index in [0.29, 0.717) is 5.69 Å². The Morgan fingerprint density at radius 2 is 2.00 bits per heavy atom. The molecule has 0 aliphatic rings. The summed E-state index contributed by atoms with van der Waals surface area (Å²) in [6, 6.07) is 3.77. The minimum atomic E-state index is -0.588. The van der Waals surface area contributed by atoms with Gasteiger partial charge < -0.3 is 5.32 Å². The van der Waals surface area contributed by atoms with E-state index in [0.717, 1.165) is 18.9 Å². The maximum Gasteiger partial charge on any atom is 0.295 e. The number of nitrogens with one attached hydrogen (secondary N) is 1. The Labute approximate surface area is 119 Å². The predicted molar refractivity (Wildman–Crippen MR) is 79.5 cm³/mol. The molecule has 5 heteroatoms. The Hall–Kier alpha value is -1.65. The lowest BCUT2D eigenvalue weighted by Crippen LogP contribution is -2.16. The van der Waals surface area contributed by atoms with E-state index in [1.807, 2.05) is 6.92 Å². The van der Waals surface area contributed by atoms with E-state index in [2.05, 4.69) is 12.2 Å². The fourth-order valence-corrected chi connectivity index (χ4v) is 2.17. The monoisotopic (exact) mass is 282 g/mol. The molecule has 0 aliphatic carbocycles. The highest BCUT2D eigenvalue weighted by molar-refractivity contribution is 5.61. The third-order valence-electron chi connectivity index (χ3n) is 3.30. The number of anilines is 1. The van der Waals surface area contributed by atoms with Crippen molar-refractivity contribution in [2.45, 2.75) is 58.4 Å². The Morgan fingerprint density at radius 1 is 1.30 bits per heavy atom. The normalized spacial score (nSPS) is 12.2. The van der Waals surface area contributed by atoms with Crippen LogP contribution in [0, 0.1) is 15.9 Å². The van der Waals surface area contributed by atoms with Crippen molar-refractivity contribution in [3.63, 3.8) is 0 Å². The second-order valence-corrected chi connectivity index (χ2v) is 5.17. The molecule has 4 nitrogen and oxygen atoms in total. The van der Waals surface area contributed by atoms with Gasteiger partial charge in [-0.3, -0.25) is 10.1 Å². The van der Waals surface area contributed by atoms with E-state index in [1.54, 1.807) is 0 Å². The van der Waals surface area contributed by atoms with Gasteiger partial charge in [-0.1, -0.05) is 39.0 Å². The van der Waals surface area contributed by atoms with Crippen LogP contribution in [0.15, 0.2) is 18.2 Å². The van der Waals surface area contributed by atoms with Gasteiger partial charge >= 0.3 is 0 Å². The Balaban J connectivity index is 2.49. The van der Waals surface area contributed by atoms with Crippen molar-refractivity contribution in [1.82, 2.24) is 0 Å². The summed E-state index contributed by atoms with van der Waals surface area (Å²) in [6.45, 7) is 4.17. The molecule has 0 spiro atoms. The van der Waals surface area contributed by atoms with Gasteiger partial charge in [-0.2, -0.15) is 0 Å². The summed E-state index contributed by atoms with van der Waals surface area (Å²) in [5.41, 5.74) is 0.181. The molecule has 0 aromatic heterocycles. The zero-order valence-electron chi connectivity index (χ0n) is 12.2. The first-order chi connectivity index (χ1) is 9.54. The van der Waals surface area contributed by atoms with Gasteiger partial charge in [0.05, 0.1) is 11.0 Å². The molecular weight excluding hydrogens is 259 g/mol. The number of hydrogen-bond acceptors (Lipinski definition) is 3. The number of halogens is 1. The van der Waals surface area contributed by atoms with Crippen LogP contribution in [0.3, 0.4) is 0 Å². The van der Waals surface area contributed by atoms with Crippen molar-refractivity contribution in [3.05, 3.63) is 34.1 Å². The molecule has 20 heavy (non-hydrogen) atoms. The van der Waals surface area contributed by atoms with E-state index >= 15 is 0 Å². The molecule has 1 rings (SSSR count). The fraction of sp³-hybridized carbons (Fsp3) is 0.600. The quantitative estimate of drug-likeness (QED) is 0.398. The molecule has 0 bridgehead atoms. The summed E-state index contributed by atoms with van der Waals surface area (Å²) in [6.07, 6.45) is 6.95. The van der Waals surface area contributed by atoms with Gasteiger partial charge in [0, 0.05) is 6.04 Å². The molecule has 0 saturated carbocycles. The lowest BCUT2D eigenvalue weighted by atomic mass is 10.1. The Bertz CT molecular complexity index is 438. The average molecular weight is 282 g/mol. The standard InChI is InChI=1S/C15H23FN2O2/c1-3-4-5-6-7-8-12(2)17-14-10-9-13(16)11-15(14)18(19)20/h9-12,17H,3-8H2,1-2H3. The van der Waals surface area contributed by atoms with Gasteiger partial charge in [-0.15, -0.1) is 0 Å². The van der Waals surface area contributed by atoms with Crippen LogP contribution < -0.4 is 5.32 Å². The Kier molecular flexibility index (Phi) is 6.98. The first kappa shape index (κ1) is 16.4. The maximum atomic E-state index is 13.0. The number of hydrogen-bond donors (Lipinski definition) is 1. The van der Waals surface area contributed by atoms with Crippen LogP contribution in [0.1, 0.15) is 52.4 Å². The molecule has 1 aromatic rings. The summed E-state index contributed by atoms with van der Waals surface area (Å²) in [5.74, 6) is -0.588. The lowest BCUT2D eigenvalue weighted by Gasteiger charge is -2.15. The van der Waals surface area contributed by atoms with Crippen molar-refractivity contribution in [1.29, 1.82) is 0 Å². The van der Waals surface area contributed by atoms with E-state index in [-0.39, 0.29) is 11.7 Å². The van der Waals surface area contributed by atoms with Gasteiger partial charge in [-0.25, -0.2) is 4.39 Å². The molecule has 1 atom stereocenters. The largest absolute Gasteiger partial charge is 0.377 e. The molecule has 112 valence electrons. The molecule has 0 fully saturated rings. The van der Waals surface area contributed by atoms with Gasteiger partial charge in [-0.05, 0) is 25.5 Å². The minimum absolute atomic E-state index is 0.140. The highest BCUT2D eigenvalue weighted by atomic mass is 19.1. The van der Waals surface area contributed by atoms with Crippen LogP contribution in [0.4, 0.5) is 15.8 Å². The van der Waals surface area contributed by atoms with E-state index in [4.69, 9.17) is 0 Å². The van der Waals surface area contributed by atoms with Gasteiger partial charge in [0.25, 0.3) is 5.69 Å². The van der Waals surface area contributed by atoms with Crippen LogP contribution in [0.2, 0.25) is 0 Å². The van der Waals surface area contributed by atoms with E-state index in [1.165, 1.54) is 37.8 Å². The molecule has 0 aliphatic heterocycles. The number of unbranched alkanes of at least 4 members (excludes halogenated alkanes) is 4. The third kappa shape index (κ3) is 5.55. The molecule has 0 heterocycles. The molecule has 1 N–H and O–H groups in total. The van der Waals surface area contributed by atoms with Crippen LogP contribution in [-0.2, 0) is 0 Å². The van der Waals surface area contributed by atoms with Crippen LogP contribution in [-0.4, -0.2) is 11.0 Å². The summed E-state index contributed by atoms with van der Waals surface area (Å²) >= 11 is 0. The summed E-state index contributed by atoms with van der Waals surface area (Å²) in [5, 5.41) is 14.0. The molecule has 1 unspecified atom stereocenters. The van der Waals surface area contributed by atoms with Gasteiger partial charge in [0.1, 0.15) is 11.5 Å². The first-order valence-corrected chi connectivity index (χ1v) is 7.25.